The fourth-order valence-corrected chi connectivity index (χ4v) is 10.4. The summed E-state index contributed by atoms with van der Waals surface area (Å²) in [6.07, 6.45) is 20.0. The van der Waals surface area contributed by atoms with Crippen LogP contribution in [0.4, 0.5) is 14.6 Å². The van der Waals surface area contributed by atoms with Crippen molar-refractivity contribution in [2.75, 3.05) is 25.0 Å². The third kappa shape index (κ3) is 13.1. The Balaban J connectivity index is 0.000000130. The molecule has 0 atom stereocenters. The number of rotatable bonds is 15. The van der Waals surface area contributed by atoms with Crippen molar-refractivity contribution in [2.24, 2.45) is 11.5 Å². The van der Waals surface area contributed by atoms with E-state index >= 15 is 0 Å². The van der Waals surface area contributed by atoms with Crippen LogP contribution >= 0.6 is 11.6 Å². The quantitative estimate of drug-likeness (QED) is 0.0473. The van der Waals surface area contributed by atoms with Crippen LogP contribution in [-0.2, 0) is 39.1 Å². The van der Waals surface area contributed by atoms with Crippen molar-refractivity contribution in [1.29, 1.82) is 0 Å². The molecule has 19 heteroatoms. The summed E-state index contributed by atoms with van der Waals surface area (Å²) in [6, 6.07) is 33.8. The number of pyridine rings is 2. The standard InChI is InChI=1S/C23H20FN5O2.C18H19NO.C12H8ClFN4O.C11H13NO/c24-17-8-15(10-25-12-17)20-9-22(29-23(28-20)16(13-30)11-27-29)26-7-6-14-4-5-19-18(14)2-1-3-21(19)31;19-12-11-15-9-10-17-16(15)7-4-8-18(17)20-13-14-5-2-1-3-6-14;13-11-2-10(7-1-9(14)5-15-3-7)17-12-8(6-19)4-16-18(11)12;12-7-6-8-4-5-10-9(8)2-1-3-11(10)13/h1-4,8-12,26,30-31H,5-7,13H2;1-9H,10-13,19H2;1-5,19H,6H2;1-4,13H,5-7,12H2. The summed E-state index contributed by atoms with van der Waals surface area (Å²) in [4.78, 5) is 16.6. The number of phenols is 2. The maximum atomic E-state index is 13.7. The summed E-state index contributed by atoms with van der Waals surface area (Å²) in [5, 5.41) is 50.5. The molecule has 6 heterocycles. The lowest BCUT2D eigenvalue weighted by atomic mass is 10.0. The number of nitrogens with two attached hydrogens (primary N) is 2. The van der Waals surface area contributed by atoms with Crippen molar-refractivity contribution < 1.29 is 33.9 Å². The van der Waals surface area contributed by atoms with E-state index in [2.05, 4.69) is 84.0 Å². The Morgan fingerprint density at radius 1 is 0.566 bits per heavy atom. The Kier molecular flexibility index (Phi) is 18.3. The van der Waals surface area contributed by atoms with Gasteiger partial charge in [-0.3, -0.25) is 9.97 Å². The Bertz CT molecular complexity index is 4040. The summed E-state index contributed by atoms with van der Waals surface area (Å²) in [5.74, 6) is 1.51. The molecule has 9 N–H and O–H groups in total. The number of anilines is 1. The van der Waals surface area contributed by atoms with E-state index in [0.717, 1.165) is 73.4 Å². The summed E-state index contributed by atoms with van der Waals surface area (Å²) < 4.78 is 35.9. The number of nitrogens with zero attached hydrogens (tertiary/aromatic N) is 8. The molecule has 0 fully saturated rings. The van der Waals surface area contributed by atoms with Crippen LogP contribution < -0.4 is 21.5 Å². The molecule has 6 aromatic heterocycles. The number of hydrogen-bond donors (Lipinski definition) is 7. The first-order chi connectivity index (χ1) is 40.5. The van der Waals surface area contributed by atoms with Gasteiger partial charge in [-0.25, -0.2) is 23.3 Å². The van der Waals surface area contributed by atoms with Crippen LogP contribution in [0.5, 0.6) is 17.2 Å². The highest BCUT2D eigenvalue weighted by Gasteiger charge is 2.21. The zero-order chi connectivity index (χ0) is 57.8. The smallest absolute Gasteiger partial charge is 0.163 e. The third-order valence-electron chi connectivity index (χ3n) is 14.3. The van der Waals surface area contributed by atoms with Gasteiger partial charge in [0.15, 0.2) is 11.3 Å². The number of hydrogen-bond acceptors (Lipinski definition) is 14. The van der Waals surface area contributed by atoms with E-state index in [-0.39, 0.29) is 13.2 Å². The predicted molar refractivity (Wildman–Crippen MR) is 318 cm³/mol. The number of ether oxygens (including phenoxy) is 1. The fourth-order valence-electron chi connectivity index (χ4n) is 10.2. The number of allylic oxidation sites excluding steroid dienone is 3. The SMILES string of the molecule is NCCC1=CCc2c(O)cccc21.NCCC1=CCc2c(OCc3ccccc3)cccc21.OCc1cnn2c(Cl)cc(-c3cncc(F)c3)nc12.OCc1cnn2c(NCCC3=CCc4c(O)cccc43)cc(-c3cncc(F)c3)nc12. The van der Waals surface area contributed by atoms with Gasteiger partial charge in [0.1, 0.15) is 46.5 Å². The van der Waals surface area contributed by atoms with Crippen LogP contribution in [0.1, 0.15) is 69.3 Å². The number of phenolic OH excluding ortho intramolecular Hbond substituents is 2. The van der Waals surface area contributed by atoms with Crippen molar-refractivity contribution in [1.82, 2.24) is 39.2 Å². The zero-order valence-corrected chi connectivity index (χ0v) is 45.9. The van der Waals surface area contributed by atoms with Crippen LogP contribution in [0, 0.1) is 11.6 Å². The molecule has 0 unspecified atom stereocenters. The highest BCUT2D eigenvalue weighted by atomic mass is 35.5. The fraction of sp³-hybridized carbons (Fsp3) is 0.188. The summed E-state index contributed by atoms with van der Waals surface area (Å²) in [6.45, 7) is 2.20. The van der Waals surface area contributed by atoms with Crippen molar-refractivity contribution in [2.45, 2.75) is 58.3 Å². The Labute approximate surface area is 482 Å². The van der Waals surface area contributed by atoms with Crippen LogP contribution in [0.15, 0.2) is 165 Å². The average Bonchev–Trinajstić information content (AvgIpc) is 4.27. The second-order valence-corrected chi connectivity index (χ2v) is 20.0. The highest BCUT2D eigenvalue weighted by molar-refractivity contribution is 6.30. The van der Waals surface area contributed by atoms with E-state index in [1.807, 2.05) is 42.5 Å². The molecule has 83 heavy (non-hydrogen) atoms. The van der Waals surface area contributed by atoms with Crippen LogP contribution in [0.3, 0.4) is 0 Å². The molecule has 0 aliphatic heterocycles. The van der Waals surface area contributed by atoms with Gasteiger partial charge in [-0.15, -0.1) is 0 Å². The minimum Gasteiger partial charge on any atom is -0.508 e. The first-order valence-electron chi connectivity index (χ1n) is 27.0. The molecular weight excluding hydrogens is 1080 g/mol. The zero-order valence-electron chi connectivity index (χ0n) is 45.1. The second kappa shape index (κ2) is 26.6. The van der Waals surface area contributed by atoms with Crippen molar-refractivity contribution >= 4 is 45.4 Å². The van der Waals surface area contributed by atoms with Gasteiger partial charge in [0.25, 0.3) is 0 Å². The van der Waals surface area contributed by atoms with Gasteiger partial charge in [0.2, 0.25) is 0 Å². The number of aromatic hydroxyl groups is 2. The number of aliphatic hydroxyl groups excluding tert-OH is 2. The van der Waals surface area contributed by atoms with Crippen LogP contribution in [-0.4, -0.2) is 79.2 Å². The van der Waals surface area contributed by atoms with E-state index < -0.39 is 11.6 Å². The number of benzene rings is 4. The molecule has 16 nitrogen and oxygen atoms in total. The van der Waals surface area contributed by atoms with Gasteiger partial charge < -0.3 is 41.9 Å². The molecule has 0 saturated heterocycles. The first-order valence-corrected chi connectivity index (χ1v) is 27.4. The maximum Gasteiger partial charge on any atom is 0.163 e. The molecule has 3 aliphatic rings. The minimum absolute atomic E-state index is 0.197. The van der Waals surface area contributed by atoms with Gasteiger partial charge in [-0.1, -0.05) is 96.6 Å². The number of aromatic nitrogens is 8. The Morgan fingerprint density at radius 2 is 1.07 bits per heavy atom. The molecule has 10 aromatic rings. The molecule has 0 amide bonds. The average molecular weight is 1140 g/mol. The van der Waals surface area contributed by atoms with Crippen LogP contribution in [0.2, 0.25) is 5.15 Å². The third-order valence-corrected chi connectivity index (χ3v) is 14.6. The van der Waals surface area contributed by atoms with Crippen LogP contribution in [0.25, 0.3) is 50.5 Å². The lowest BCUT2D eigenvalue weighted by Gasteiger charge is -2.12. The Morgan fingerprint density at radius 3 is 1.63 bits per heavy atom. The first kappa shape index (κ1) is 57.1. The number of fused-ring (bicyclic) bond motifs is 5. The van der Waals surface area contributed by atoms with E-state index in [0.29, 0.717) is 93.6 Å². The normalized spacial score (nSPS) is 12.6. The lowest BCUT2D eigenvalue weighted by molar-refractivity contribution is 0.283. The number of halogens is 3. The van der Waals surface area contributed by atoms with E-state index in [1.54, 1.807) is 41.2 Å². The van der Waals surface area contributed by atoms with Gasteiger partial charge in [0.05, 0.1) is 49.4 Å². The summed E-state index contributed by atoms with van der Waals surface area (Å²) in [7, 11) is 0. The summed E-state index contributed by atoms with van der Waals surface area (Å²) >= 11 is 6.09. The number of nitrogens with one attached hydrogen (secondary N) is 1. The molecular formula is C64H60ClF2N11O5. The van der Waals surface area contributed by atoms with Gasteiger partial charge >= 0.3 is 0 Å². The molecule has 422 valence electrons. The predicted octanol–water partition coefficient (Wildman–Crippen LogP) is 10.9. The molecule has 3 aliphatic carbocycles. The second-order valence-electron chi connectivity index (χ2n) is 19.6. The van der Waals surface area contributed by atoms with E-state index in [9.17, 15) is 29.2 Å². The van der Waals surface area contributed by atoms with E-state index in [4.69, 9.17) is 27.8 Å². The highest BCUT2D eigenvalue weighted by Crippen LogP contribution is 2.38. The Hall–Kier alpha value is -9.17. The van der Waals surface area contributed by atoms with Crippen molar-refractivity contribution in [3.8, 4) is 39.8 Å². The molecule has 0 saturated carbocycles. The molecule has 0 spiro atoms. The molecule has 13 rings (SSSR count). The van der Waals surface area contributed by atoms with Crippen molar-refractivity contribution in [3.05, 3.63) is 231 Å². The molecule has 4 aromatic carbocycles. The topological polar surface area (TPSA) is 240 Å². The van der Waals surface area contributed by atoms with Gasteiger partial charge in [-0.05, 0) is 121 Å². The molecule has 0 bridgehead atoms. The van der Waals surface area contributed by atoms with Gasteiger partial charge in [-0.2, -0.15) is 14.7 Å². The minimum atomic E-state index is -0.453. The largest absolute Gasteiger partial charge is 0.508 e. The van der Waals surface area contributed by atoms with Gasteiger partial charge in [0, 0.05) is 70.0 Å². The van der Waals surface area contributed by atoms with E-state index in [1.165, 1.54) is 68.0 Å². The number of aliphatic hydroxyl groups is 2. The lowest BCUT2D eigenvalue weighted by Crippen LogP contribution is -2.09. The maximum absolute atomic E-state index is 13.7. The molecule has 0 radical (unpaired) electrons. The monoisotopic (exact) mass is 1140 g/mol. The summed E-state index contributed by atoms with van der Waals surface area (Å²) in [5.41, 5.74) is 27.2. The van der Waals surface area contributed by atoms with Crippen molar-refractivity contribution in [3.63, 3.8) is 0 Å².